The predicted molar refractivity (Wildman–Crippen MR) is 20.2 cm³/mol. The molecule has 0 nitrogen and oxygen atoms in total. The Bertz CT molecular complexity index is 10.8. The first kappa shape index (κ1) is 4.86. The van der Waals surface area contributed by atoms with Crippen molar-refractivity contribution in [2.24, 2.45) is 0 Å². The lowest BCUT2D eigenvalue weighted by Gasteiger charge is -1.43. The van der Waals surface area contributed by atoms with Crippen LogP contribution in [0.25, 0.3) is 0 Å². The summed E-state index contributed by atoms with van der Waals surface area (Å²) in [5, 5.41) is 0. The molecule has 26 valence electrons. The third-order valence-electron chi connectivity index (χ3n) is 0. The molecule has 4 heavy (non-hydrogen) atoms. The molecule has 0 fully saturated rings. The van der Waals surface area contributed by atoms with Gasteiger partial charge in [0.15, 0.2) is 0 Å². The Kier molecular flexibility index (Phi) is 2.57. The fourth-order valence-electron chi connectivity index (χ4n) is 0. The maximum absolute atomic E-state index is 10.6. The highest BCUT2D eigenvalue weighted by atomic mass is 36.0. The molecule has 0 atom stereocenters. The minimum Gasteiger partial charge on any atom is 0.0657 e. The van der Waals surface area contributed by atoms with Crippen LogP contribution in [0.2, 0.25) is 0 Å². The van der Waals surface area contributed by atoms with Gasteiger partial charge in [-0.05, 0) is 0 Å². The van der Waals surface area contributed by atoms with Gasteiger partial charge in [0, 0.05) is 0 Å². The predicted octanol–water partition coefficient (Wildman–Crippen LogP) is 1.80. The van der Waals surface area contributed by atoms with Crippen molar-refractivity contribution < 1.29 is 3.89 Å². The molecule has 0 aromatic rings. The maximum atomic E-state index is 10.6. The first-order chi connectivity index (χ1) is 1.73. The molecule has 0 amide bonds. The van der Waals surface area contributed by atoms with E-state index in [-0.39, 0.29) is 0 Å². The molecule has 0 aliphatic rings. The highest BCUT2D eigenvalue weighted by Gasteiger charge is 2.05. The molecular weight excluding hydrogens is 122 g/mol. The number of hydrogen-bond donors (Lipinski definition) is 0. The van der Waals surface area contributed by atoms with Crippen molar-refractivity contribution in [1.29, 1.82) is 0 Å². The highest BCUT2D eigenvalue weighted by molar-refractivity contribution is 8.32. The molecule has 0 rings (SSSR count). The Morgan fingerprint density at radius 1 is 1.50 bits per heavy atom. The first-order valence-corrected chi connectivity index (χ1v) is 3.24. The van der Waals surface area contributed by atoms with E-state index in [1.54, 1.807) is 0 Å². The lowest BCUT2D eigenvalue weighted by molar-refractivity contribution is 0.942. The summed E-state index contributed by atoms with van der Waals surface area (Å²) >= 11 is 0. The van der Waals surface area contributed by atoms with Gasteiger partial charge in [-0.15, -0.1) is 0 Å². The molecular formula is Cl2FS+. The van der Waals surface area contributed by atoms with Gasteiger partial charge in [-0.25, -0.2) is 0 Å². The van der Waals surface area contributed by atoms with Crippen molar-refractivity contribution in [3.05, 3.63) is 0 Å². The van der Waals surface area contributed by atoms with Crippen LogP contribution in [-0.2, 0) is 9.71 Å². The van der Waals surface area contributed by atoms with E-state index in [9.17, 15) is 3.89 Å². The van der Waals surface area contributed by atoms with E-state index in [0.717, 1.165) is 0 Å². The Balaban J connectivity index is 2.32. The Hall–Kier alpha value is 0.860. The summed E-state index contributed by atoms with van der Waals surface area (Å²) in [5.74, 6) is 0. The molecule has 0 unspecified atom stereocenters. The third-order valence-corrected chi connectivity index (χ3v) is 0. The topological polar surface area (TPSA) is 0 Å². The summed E-state index contributed by atoms with van der Waals surface area (Å²) in [6.07, 6.45) is 0. The lowest BCUT2D eigenvalue weighted by Crippen LogP contribution is -1.46. The van der Waals surface area contributed by atoms with Crippen molar-refractivity contribution >= 4 is 31.1 Å². The summed E-state index contributed by atoms with van der Waals surface area (Å²) in [4.78, 5) is 0. The van der Waals surface area contributed by atoms with Crippen LogP contribution in [0.5, 0.6) is 0 Å². The second-order valence-corrected chi connectivity index (χ2v) is 2.62. The highest BCUT2D eigenvalue weighted by Crippen LogP contribution is 2.06. The van der Waals surface area contributed by atoms with Crippen LogP contribution in [0.15, 0.2) is 0 Å². The van der Waals surface area contributed by atoms with E-state index >= 15 is 0 Å². The second kappa shape index (κ2) is 2.12. The minimum absolute atomic E-state index is 1.92. The summed E-state index contributed by atoms with van der Waals surface area (Å²) in [6, 6.07) is 0. The Morgan fingerprint density at radius 2 is 1.50 bits per heavy atom. The molecule has 0 spiro atoms. The molecule has 0 radical (unpaired) electrons. The van der Waals surface area contributed by atoms with Gasteiger partial charge in [0.05, 0.1) is 3.89 Å². The number of rotatable bonds is 0. The van der Waals surface area contributed by atoms with Crippen molar-refractivity contribution in [3.63, 3.8) is 0 Å². The van der Waals surface area contributed by atoms with E-state index in [4.69, 9.17) is 0 Å². The van der Waals surface area contributed by atoms with Crippen LogP contribution >= 0.6 is 21.4 Å². The molecule has 0 bridgehead atoms. The van der Waals surface area contributed by atoms with Crippen LogP contribution < -0.4 is 0 Å². The van der Waals surface area contributed by atoms with Gasteiger partial charge in [0.1, 0.15) is 0 Å². The summed E-state index contributed by atoms with van der Waals surface area (Å²) < 4.78 is 10.6. The zero-order valence-corrected chi connectivity index (χ0v) is 3.87. The van der Waals surface area contributed by atoms with Crippen molar-refractivity contribution in [1.82, 2.24) is 0 Å². The fraction of sp³-hybridized carbons (Fsp3) is 0. The Labute approximate surface area is 35.5 Å². The smallest absolute Gasteiger partial charge is 0.0657 e. The van der Waals surface area contributed by atoms with E-state index in [1.165, 1.54) is 0 Å². The van der Waals surface area contributed by atoms with Gasteiger partial charge in [0.25, 0.3) is 0 Å². The van der Waals surface area contributed by atoms with Gasteiger partial charge < -0.3 is 0 Å². The number of hydrogen-bond acceptors (Lipinski definition) is 0. The number of halogens is 3. The van der Waals surface area contributed by atoms with Crippen LogP contribution in [0.4, 0.5) is 3.89 Å². The molecule has 0 saturated heterocycles. The molecule has 0 heterocycles. The van der Waals surface area contributed by atoms with Crippen molar-refractivity contribution in [3.8, 4) is 0 Å². The lowest BCUT2D eigenvalue weighted by atomic mass is 18.9. The zero-order chi connectivity index (χ0) is 3.58. The standard InChI is InChI=1S/Cl2FS/c1-4(2)3/q+1. The molecule has 0 aliphatic heterocycles. The molecule has 0 N–H and O–H groups in total. The normalized spacial score (nSPS) is 9.00. The van der Waals surface area contributed by atoms with Gasteiger partial charge >= 0.3 is 9.71 Å². The van der Waals surface area contributed by atoms with E-state index < -0.39 is 9.71 Å². The van der Waals surface area contributed by atoms with E-state index in [0.29, 0.717) is 0 Å². The fourth-order valence-corrected chi connectivity index (χ4v) is 0. The molecule has 0 saturated carbocycles. The summed E-state index contributed by atoms with van der Waals surface area (Å²) in [7, 11) is 6.89. The first-order valence-electron chi connectivity index (χ1n) is 0.463. The van der Waals surface area contributed by atoms with Crippen molar-refractivity contribution in [2.45, 2.75) is 0 Å². The third kappa shape index (κ3) is 13.4. The molecule has 0 aromatic carbocycles. The monoisotopic (exact) mass is 121 g/mol. The molecule has 4 heteroatoms. The Morgan fingerprint density at radius 3 is 1.50 bits per heavy atom. The van der Waals surface area contributed by atoms with Crippen LogP contribution in [0, 0.1) is 0 Å². The molecule has 0 aromatic heterocycles. The van der Waals surface area contributed by atoms with Crippen LogP contribution in [-0.4, -0.2) is 0 Å². The van der Waals surface area contributed by atoms with Gasteiger partial charge in [-0.1, -0.05) is 0 Å². The zero-order valence-electron chi connectivity index (χ0n) is 1.54. The van der Waals surface area contributed by atoms with E-state index in [1.807, 2.05) is 0 Å². The van der Waals surface area contributed by atoms with E-state index in [2.05, 4.69) is 21.4 Å². The maximum Gasteiger partial charge on any atom is 0.438 e. The minimum atomic E-state index is -1.92. The van der Waals surface area contributed by atoms with Crippen LogP contribution in [0.3, 0.4) is 0 Å². The van der Waals surface area contributed by atoms with Gasteiger partial charge in [0.2, 0.25) is 21.4 Å². The second-order valence-electron chi connectivity index (χ2n) is 0.175. The largest absolute Gasteiger partial charge is 0.438 e. The summed E-state index contributed by atoms with van der Waals surface area (Å²) in [6.45, 7) is 0. The van der Waals surface area contributed by atoms with Crippen molar-refractivity contribution in [2.75, 3.05) is 0 Å². The quantitative estimate of drug-likeness (QED) is 0.429. The summed E-state index contributed by atoms with van der Waals surface area (Å²) in [5.41, 5.74) is 0. The average molecular weight is 122 g/mol. The van der Waals surface area contributed by atoms with Crippen LogP contribution in [0.1, 0.15) is 0 Å². The molecule has 0 aliphatic carbocycles. The van der Waals surface area contributed by atoms with Gasteiger partial charge in [-0.2, -0.15) is 0 Å². The van der Waals surface area contributed by atoms with Gasteiger partial charge in [-0.3, -0.25) is 0 Å². The SMILES string of the molecule is F[S+](Cl)Cl. The average Bonchev–Trinajstić information content (AvgIpc) is 0.811.